The molecule has 0 spiro atoms. The van der Waals surface area contributed by atoms with Crippen LogP contribution in [0.5, 0.6) is 5.75 Å². The van der Waals surface area contributed by atoms with Gasteiger partial charge in [-0.25, -0.2) is 0 Å². The van der Waals surface area contributed by atoms with Crippen LogP contribution in [0.2, 0.25) is 0 Å². The summed E-state index contributed by atoms with van der Waals surface area (Å²) in [6.45, 7) is 4.68. The second-order valence-electron chi connectivity index (χ2n) is 6.71. The van der Waals surface area contributed by atoms with E-state index in [1.165, 1.54) is 0 Å². The second-order valence-corrected chi connectivity index (χ2v) is 6.71. The zero-order valence-electron chi connectivity index (χ0n) is 16.2. The summed E-state index contributed by atoms with van der Waals surface area (Å²) in [6, 6.07) is 15.5. The number of methoxy groups -OCH3 is 1. The molecular formula is C22H25N3O3. The first-order valence-electron chi connectivity index (χ1n) is 9.27. The molecule has 1 aliphatic heterocycles. The van der Waals surface area contributed by atoms with Crippen LogP contribution in [-0.4, -0.2) is 50.5 Å². The Morgan fingerprint density at radius 2 is 1.79 bits per heavy atom. The number of nitrogens with one attached hydrogen (secondary N) is 1. The molecule has 146 valence electrons. The minimum Gasteiger partial charge on any atom is -0.495 e. The van der Waals surface area contributed by atoms with Crippen molar-refractivity contribution in [2.24, 2.45) is 0 Å². The largest absolute Gasteiger partial charge is 0.495 e. The molecular weight excluding hydrogens is 354 g/mol. The number of hydrogen-bond acceptors (Lipinski definition) is 4. The van der Waals surface area contributed by atoms with Crippen molar-refractivity contribution in [1.82, 2.24) is 4.90 Å². The van der Waals surface area contributed by atoms with Crippen LogP contribution in [0.1, 0.15) is 12.5 Å². The fourth-order valence-corrected chi connectivity index (χ4v) is 3.16. The standard InChI is InChI=1S/C22H25N3O3/c1-17(14-18-6-4-3-5-7-18)22(27)23-20-15-19(8-9-21(20)28-2)25-12-10-24(16-26)11-13-25/h3-9,14-16H,10-13H2,1-2H3,(H,23,27)/b17-14+. The van der Waals surface area contributed by atoms with E-state index in [0.717, 1.165) is 30.8 Å². The van der Waals surface area contributed by atoms with E-state index in [0.29, 0.717) is 30.1 Å². The molecule has 1 N–H and O–H groups in total. The van der Waals surface area contributed by atoms with Gasteiger partial charge in [0, 0.05) is 37.4 Å². The van der Waals surface area contributed by atoms with Crippen LogP contribution in [0.25, 0.3) is 6.08 Å². The number of carbonyl (C=O) groups excluding carboxylic acids is 2. The molecule has 1 saturated heterocycles. The lowest BCUT2D eigenvalue weighted by Gasteiger charge is -2.34. The maximum Gasteiger partial charge on any atom is 0.251 e. The summed E-state index contributed by atoms with van der Waals surface area (Å²) in [5.74, 6) is 0.432. The van der Waals surface area contributed by atoms with Crippen molar-refractivity contribution in [3.8, 4) is 5.75 Å². The number of anilines is 2. The highest BCUT2D eigenvalue weighted by molar-refractivity contribution is 6.07. The molecule has 0 bridgehead atoms. The molecule has 0 atom stereocenters. The van der Waals surface area contributed by atoms with Gasteiger partial charge < -0.3 is 19.9 Å². The van der Waals surface area contributed by atoms with Crippen LogP contribution >= 0.6 is 0 Å². The average molecular weight is 379 g/mol. The van der Waals surface area contributed by atoms with Crippen molar-refractivity contribution < 1.29 is 14.3 Å². The van der Waals surface area contributed by atoms with E-state index in [1.807, 2.05) is 54.6 Å². The van der Waals surface area contributed by atoms with Gasteiger partial charge in [0.15, 0.2) is 0 Å². The van der Waals surface area contributed by atoms with Crippen molar-refractivity contribution in [3.05, 3.63) is 59.7 Å². The highest BCUT2D eigenvalue weighted by atomic mass is 16.5. The summed E-state index contributed by atoms with van der Waals surface area (Å²) in [4.78, 5) is 27.5. The number of carbonyl (C=O) groups is 2. The first-order chi connectivity index (χ1) is 13.6. The van der Waals surface area contributed by atoms with Crippen molar-refractivity contribution in [1.29, 1.82) is 0 Å². The smallest absolute Gasteiger partial charge is 0.251 e. The molecule has 1 fully saturated rings. The predicted octanol–water partition coefficient (Wildman–Crippen LogP) is 3.02. The van der Waals surface area contributed by atoms with E-state index in [9.17, 15) is 9.59 Å². The third kappa shape index (κ3) is 4.71. The maximum absolute atomic E-state index is 12.7. The quantitative estimate of drug-likeness (QED) is 0.619. The minimum atomic E-state index is -0.176. The number of ether oxygens (including phenoxy) is 1. The summed E-state index contributed by atoms with van der Waals surface area (Å²) in [5, 5.41) is 2.96. The summed E-state index contributed by atoms with van der Waals surface area (Å²) < 4.78 is 5.41. The van der Waals surface area contributed by atoms with Crippen LogP contribution < -0.4 is 15.0 Å². The lowest BCUT2D eigenvalue weighted by Crippen LogP contribution is -2.45. The fraction of sp³-hybridized carbons (Fsp3) is 0.273. The summed E-state index contributed by atoms with van der Waals surface area (Å²) in [5.41, 5.74) is 3.21. The Kier molecular flexibility index (Phi) is 6.32. The van der Waals surface area contributed by atoms with Gasteiger partial charge in [0.25, 0.3) is 5.91 Å². The average Bonchev–Trinajstić information content (AvgIpc) is 2.74. The summed E-state index contributed by atoms with van der Waals surface area (Å²) >= 11 is 0. The Labute approximate surface area is 165 Å². The number of hydrogen-bond donors (Lipinski definition) is 1. The Morgan fingerprint density at radius 1 is 1.07 bits per heavy atom. The second kappa shape index (κ2) is 9.08. The Hall–Kier alpha value is -3.28. The zero-order valence-corrected chi connectivity index (χ0v) is 16.2. The molecule has 2 aromatic rings. The van der Waals surface area contributed by atoms with Gasteiger partial charge in [0.1, 0.15) is 5.75 Å². The molecule has 28 heavy (non-hydrogen) atoms. The van der Waals surface area contributed by atoms with Crippen molar-refractivity contribution in [2.75, 3.05) is 43.5 Å². The van der Waals surface area contributed by atoms with Crippen LogP contribution in [0.4, 0.5) is 11.4 Å². The van der Waals surface area contributed by atoms with Crippen molar-refractivity contribution >= 4 is 29.8 Å². The number of nitrogens with zero attached hydrogens (tertiary/aromatic N) is 2. The van der Waals surface area contributed by atoms with E-state index in [-0.39, 0.29) is 5.91 Å². The van der Waals surface area contributed by atoms with E-state index in [4.69, 9.17) is 4.74 Å². The molecule has 2 amide bonds. The third-order valence-electron chi connectivity index (χ3n) is 4.80. The van der Waals surface area contributed by atoms with Gasteiger partial charge in [-0.1, -0.05) is 30.3 Å². The van der Waals surface area contributed by atoms with Gasteiger partial charge in [-0.2, -0.15) is 0 Å². The number of rotatable bonds is 6. The van der Waals surface area contributed by atoms with Crippen LogP contribution in [0.15, 0.2) is 54.1 Å². The Balaban J connectivity index is 1.76. The van der Waals surface area contributed by atoms with E-state index in [1.54, 1.807) is 18.9 Å². The van der Waals surface area contributed by atoms with Gasteiger partial charge in [-0.15, -0.1) is 0 Å². The molecule has 1 heterocycles. The van der Waals surface area contributed by atoms with E-state index < -0.39 is 0 Å². The van der Waals surface area contributed by atoms with Crippen molar-refractivity contribution in [2.45, 2.75) is 6.92 Å². The first kappa shape index (κ1) is 19.5. The molecule has 3 rings (SSSR count). The van der Waals surface area contributed by atoms with Gasteiger partial charge in [0.2, 0.25) is 6.41 Å². The highest BCUT2D eigenvalue weighted by Crippen LogP contribution is 2.30. The molecule has 0 aliphatic carbocycles. The normalized spacial score (nSPS) is 14.6. The van der Waals surface area contributed by atoms with E-state index in [2.05, 4.69) is 10.2 Å². The van der Waals surface area contributed by atoms with Gasteiger partial charge >= 0.3 is 0 Å². The highest BCUT2D eigenvalue weighted by Gasteiger charge is 2.18. The lowest BCUT2D eigenvalue weighted by atomic mass is 10.1. The topological polar surface area (TPSA) is 61.9 Å². The van der Waals surface area contributed by atoms with Gasteiger partial charge in [-0.3, -0.25) is 9.59 Å². The minimum absolute atomic E-state index is 0.176. The fourth-order valence-electron chi connectivity index (χ4n) is 3.16. The van der Waals surface area contributed by atoms with Crippen LogP contribution in [0, 0.1) is 0 Å². The molecule has 6 nitrogen and oxygen atoms in total. The molecule has 0 saturated carbocycles. The molecule has 0 radical (unpaired) electrons. The summed E-state index contributed by atoms with van der Waals surface area (Å²) in [6.07, 6.45) is 2.74. The third-order valence-corrected chi connectivity index (χ3v) is 4.80. The molecule has 0 unspecified atom stereocenters. The number of benzene rings is 2. The lowest BCUT2D eigenvalue weighted by molar-refractivity contribution is -0.118. The monoisotopic (exact) mass is 379 g/mol. The SMILES string of the molecule is COc1ccc(N2CCN(C=O)CC2)cc1NC(=O)/C(C)=C/c1ccccc1. The van der Waals surface area contributed by atoms with Crippen LogP contribution in [-0.2, 0) is 9.59 Å². The molecule has 6 heteroatoms. The summed E-state index contributed by atoms with van der Waals surface area (Å²) in [7, 11) is 1.58. The van der Waals surface area contributed by atoms with Crippen molar-refractivity contribution in [3.63, 3.8) is 0 Å². The van der Waals surface area contributed by atoms with Gasteiger partial charge in [-0.05, 0) is 36.8 Å². The van der Waals surface area contributed by atoms with Gasteiger partial charge in [0.05, 0.1) is 12.8 Å². The molecule has 2 aromatic carbocycles. The first-order valence-corrected chi connectivity index (χ1v) is 9.27. The number of piperazine rings is 1. The predicted molar refractivity (Wildman–Crippen MR) is 112 cm³/mol. The zero-order chi connectivity index (χ0) is 19.9. The molecule has 0 aromatic heterocycles. The van der Waals surface area contributed by atoms with E-state index >= 15 is 0 Å². The molecule has 1 aliphatic rings. The van der Waals surface area contributed by atoms with Crippen LogP contribution in [0.3, 0.4) is 0 Å². The Morgan fingerprint density at radius 3 is 2.43 bits per heavy atom. The number of amides is 2. The maximum atomic E-state index is 12.7. The Bertz CT molecular complexity index is 857.